The van der Waals surface area contributed by atoms with E-state index in [4.69, 9.17) is 0 Å². The van der Waals surface area contributed by atoms with Gasteiger partial charge in [-0.3, -0.25) is 9.39 Å². The van der Waals surface area contributed by atoms with Crippen molar-refractivity contribution >= 4 is 35.6 Å². The van der Waals surface area contributed by atoms with Crippen molar-refractivity contribution in [2.75, 3.05) is 27.7 Å². The van der Waals surface area contributed by atoms with Crippen LogP contribution in [-0.2, 0) is 6.54 Å². The highest BCUT2D eigenvalue weighted by molar-refractivity contribution is 14.0. The molecular weight excluding hydrogens is 417 g/mol. The Morgan fingerprint density at radius 3 is 2.79 bits per heavy atom. The summed E-state index contributed by atoms with van der Waals surface area (Å²) in [7, 11) is 6.07. The van der Waals surface area contributed by atoms with Crippen molar-refractivity contribution in [2.45, 2.75) is 25.4 Å². The number of nitrogens with one attached hydrogen (secondary N) is 2. The van der Waals surface area contributed by atoms with Gasteiger partial charge in [0.25, 0.3) is 0 Å². The monoisotopic (exact) mass is 443 g/mol. The molecule has 0 bridgehead atoms. The summed E-state index contributed by atoms with van der Waals surface area (Å²) < 4.78 is 1.98. The largest absolute Gasteiger partial charge is 0.355 e. The molecule has 24 heavy (non-hydrogen) atoms. The second-order valence-corrected chi connectivity index (χ2v) is 6.22. The number of pyridine rings is 1. The number of halogens is 1. The van der Waals surface area contributed by atoms with Crippen molar-refractivity contribution in [1.82, 2.24) is 30.1 Å². The molecule has 132 valence electrons. The highest BCUT2D eigenvalue weighted by atomic mass is 127. The lowest BCUT2D eigenvalue weighted by atomic mass is 10.1. The van der Waals surface area contributed by atoms with Gasteiger partial charge in [-0.05, 0) is 45.0 Å². The first-order chi connectivity index (χ1) is 11.2. The molecular formula is C16H26IN7. The molecule has 2 heterocycles. The Bertz CT molecular complexity index is 676. The summed E-state index contributed by atoms with van der Waals surface area (Å²) in [4.78, 5) is 6.59. The van der Waals surface area contributed by atoms with E-state index in [1.165, 1.54) is 12.8 Å². The Kier molecular flexibility index (Phi) is 6.79. The van der Waals surface area contributed by atoms with E-state index in [0.29, 0.717) is 12.6 Å². The number of guanidine groups is 1. The number of aliphatic imine (C=N–C) groups is 1. The van der Waals surface area contributed by atoms with Crippen LogP contribution < -0.4 is 10.6 Å². The van der Waals surface area contributed by atoms with Crippen molar-refractivity contribution in [3.8, 4) is 0 Å². The first-order valence-electron chi connectivity index (χ1n) is 8.08. The number of aromatic nitrogens is 3. The van der Waals surface area contributed by atoms with E-state index in [-0.39, 0.29) is 24.0 Å². The molecule has 1 unspecified atom stereocenters. The lowest BCUT2D eigenvalue weighted by Gasteiger charge is -2.25. The minimum atomic E-state index is 0. The molecule has 1 aliphatic rings. The Hall–Kier alpha value is -1.42. The van der Waals surface area contributed by atoms with Crippen molar-refractivity contribution in [2.24, 2.45) is 10.9 Å². The molecule has 7 nitrogen and oxygen atoms in total. The van der Waals surface area contributed by atoms with Gasteiger partial charge in [0.15, 0.2) is 17.4 Å². The van der Waals surface area contributed by atoms with Crippen LogP contribution in [0.4, 0.5) is 0 Å². The Balaban J connectivity index is 0.00000208. The third-order valence-corrected chi connectivity index (χ3v) is 4.33. The van der Waals surface area contributed by atoms with Gasteiger partial charge in [0.05, 0.1) is 6.54 Å². The van der Waals surface area contributed by atoms with Gasteiger partial charge < -0.3 is 15.5 Å². The van der Waals surface area contributed by atoms with Crippen LogP contribution in [0.1, 0.15) is 18.7 Å². The molecule has 0 aromatic carbocycles. The molecule has 2 N–H and O–H groups in total. The fourth-order valence-corrected chi connectivity index (χ4v) is 2.85. The lowest BCUT2D eigenvalue weighted by Crippen LogP contribution is -2.45. The normalized spacial score (nSPS) is 16.1. The van der Waals surface area contributed by atoms with Crippen molar-refractivity contribution < 1.29 is 0 Å². The molecule has 0 radical (unpaired) electrons. The second kappa shape index (κ2) is 8.61. The summed E-state index contributed by atoms with van der Waals surface area (Å²) >= 11 is 0. The van der Waals surface area contributed by atoms with E-state index in [2.05, 4.69) is 44.8 Å². The molecule has 2 aromatic rings. The van der Waals surface area contributed by atoms with Crippen LogP contribution in [0.3, 0.4) is 0 Å². The van der Waals surface area contributed by atoms with E-state index in [9.17, 15) is 0 Å². The van der Waals surface area contributed by atoms with Crippen LogP contribution in [0.25, 0.3) is 5.65 Å². The van der Waals surface area contributed by atoms with E-state index in [0.717, 1.165) is 29.9 Å². The maximum Gasteiger partial charge on any atom is 0.191 e. The SMILES string of the molecule is CN=C(NCc1nnc2ccccn12)NCC(C1CC1)N(C)C.I. The molecule has 1 fully saturated rings. The molecule has 1 saturated carbocycles. The number of likely N-dealkylation sites (N-methyl/N-ethyl adjacent to an activating group) is 1. The number of hydrogen-bond acceptors (Lipinski definition) is 4. The van der Waals surface area contributed by atoms with Gasteiger partial charge in [0.2, 0.25) is 0 Å². The maximum atomic E-state index is 4.30. The van der Waals surface area contributed by atoms with Crippen LogP contribution in [0, 0.1) is 5.92 Å². The molecule has 0 aliphatic heterocycles. The third-order valence-electron chi connectivity index (χ3n) is 4.33. The minimum Gasteiger partial charge on any atom is -0.355 e. The molecule has 0 spiro atoms. The van der Waals surface area contributed by atoms with Crippen LogP contribution in [0.5, 0.6) is 0 Å². The fraction of sp³-hybridized carbons (Fsp3) is 0.562. The summed E-state index contributed by atoms with van der Waals surface area (Å²) in [5, 5.41) is 15.1. The summed E-state index contributed by atoms with van der Waals surface area (Å²) in [5.74, 6) is 2.48. The highest BCUT2D eigenvalue weighted by Crippen LogP contribution is 2.34. The van der Waals surface area contributed by atoms with Gasteiger partial charge in [0.1, 0.15) is 0 Å². The summed E-state index contributed by atoms with van der Waals surface area (Å²) in [6.45, 7) is 1.48. The van der Waals surface area contributed by atoms with Crippen LogP contribution in [0.15, 0.2) is 29.4 Å². The highest BCUT2D eigenvalue weighted by Gasteiger charge is 2.32. The Morgan fingerprint density at radius 1 is 1.33 bits per heavy atom. The van der Waals surface area contributed by atoms with Gasteiger partial charge in [-0.25, -0.2) is 0 Å². The number of hydrogen-bond donors (Lipinski definition) is 2. The van der Waals surface area contributed by atoms with E-state index in [1.807, 2.05) is 28.8 Å². The zero-order chi connectivity index (χ0) is 16.2. The molecule has 0 amide bonds. The topological polar surface area (TPSA) is 69.8 Å². The standard InChI is InChI=1S/C16H25N7.HI/c1-17-16(18-10-13(22(2)3)12-7-8-12)19-11-15-21-20-14-6-4-5-9-23(14)15;/h4-6,9,12-13H,7-8,10-11H2,1-3H3,(H2,17,18,19);1H. The van der Waals surface area contributed by atoms with Crippen molar-refractivity contribution in [3.63, 3.8) is 0 Å². The van der Waals surface area contributed by atoms with Gasteiger partial charge in [-0.1, -0.05) is 6.07 Å². The minimum absolute atomic E-state index is 0. The summed E-state index contributed by atoms with van der Waals surface area (Å²) in [5.41, 5.74) is 0.855. The van der Waals surface area contributed by atoms with Gasteiger partial charge in [-0.15, -0.1) is 34.2 Å². The molecule has 0 saturated heterocycles. The van der Waals surface area contributed by atoms with Gasteiger partial charge >= 0.3 is 0 Å². The smallest absolute Gasteiger partial charge is 0.191 e. The van der Waals surface area contributed by atoms with E-state index in [1.54, 1.807) is 7.05 Å². The van der Waals surface area contributed by atoms with E-state index < -0.39 is 0 Å². The lowest BCUT2D eigenvalue weighted by molar-refractivity contribution is 0.264. The molecule has 2 aromatic heterocycles. The summed E-state index contributed by atoms with van der Waals surface area (Å²) in [6, 6.07) is 6.44. The van der Waals surface area contributed by atoms with Crippen molar-refractivity contribution in [3.05, 3.63) is 30.2 Å². The van der Waals surface area contributed by atoms with Gasteiger partial charge in [-0.2, -0.15) is 0 Å². The zero-order valence-electron chi connectivity index (χ0n) is 14.4. The van der Waals surface area contributed by atoms with Crippen molar-refractivity contribution in [1.29, 1.82) is 0 Å². The Labute approximate surface area is 159 Å². The first-order valence-corrected chi connectivity index (χ1v) is 8.08. The Morgan fingerprint density at radius 2 is 2.12 bits per heavy atom. The molecule has 3 rings (SSSR count). The van der Waals surface area contributed by atoms with E-state index >= 15 is 0 Å². The second-order valence-electron chi connectivity index (χ2n) is 6.22. The predicted molar refractivity (Wildman–Crippen MR) is 107 cm³/mol. The quantitative estimate of drug-likeness (QED) is 0.401. The summed E-state index contributed by atoms with van der Waals surface area (Å²) in [6.07, 6.45) is 4.64. The predicted octanol–water partition coefficient (Wildman–Crippen LogP) is 1.35. The van der Waals surface area contributed by atoms with Crippen LogP contribution >= 0.6 is 24.0 Å². The molecule has 1 aliphatic carbocycles. The average molecular weight is 443 g/mol. The average Bonchev–Trinajstić information content (AvgIpc) is 3.30. The number of nitrogens with zero attached hydrogens (tertiary/aromatic N) is 5. The number of fused-ring (bicyclic) bond motifs is 1. The first kappa shape index (κ1) is 18.9. The van der Waals surface area contributed by atoms with Crippen LogP contribution in [-0.4, -0.2) is 59.2 Å². The number of rotatable bonds is 6. The zero-order valence-corrected chi connectivity index (χ0v) is 16.8. The molecule has 1 atom stereocenters. The van der Waals surface area contributed by atoms with Gasteiger partial charge in [0, 0.05) is 25.8 Å². The fourth-order valence-electron chi connectivity index (χ4n) is 2.85. The third kappa shape index (κ3) is 4.56. The maximum absolute atomic E-state index is 4.30. The molecule has 8 heteroatoms. The van der Waals surface area contributed by atoms with Crippen LogP contribution in [0.2, 0.25) is 0 Å².